The van der Waals surface area contributed by atoms with Crippen LogP contribution in [0.4, 0.5) is 0 Å². The summed E-state index contributed by atoms with van der Waals surface area (Å²) in [5, 5.41) is 34.9. The molecule has 0 aliphatic heterocycles. The van der Waals surface area contributed by atoms with Gasteiger partial charge in [0.05, 0.1) is 0 Å². The molecule has 0 radical (unpaired) electrons. The van der Waals surface area contributed by atoms with E-state index in [0.717, 1.165) is 0 Å². The number of rotatable bonds is 2. The topological polar surface area (TPSA) is 80.9 Å². The zero-order valence-corrected chi connectivity index (χ0v) is 7.48. The molecule has 0 spiro atoms. The number of halogens is 1. The van der Waals surface area contributed by atoms with Crippen LogP contribution in [0.1, 0.15) is 11.7 Å². The van der Waals surface area contributed by atoms with Gasteiger partial charge in [-0.3, -0.25) is 0 Å². The SMILES string of the molecule is Cl.OC(c1ccccc1)C(O)(O)O. The summed E-state index contributed by atoms with van der Waals surface area (Å²) in [4.78, 5) is 0. The fourth-order valence-corrected chi connectivity index (χ4v) is 0.859. The first-order chi connectivity index (χ1) is 5.52. The molecule has 1 unspecified atom stereocenters. The Bertz CT molecular complexity index is 244. The molecule has 0 bridgehead atoms. The van der Waals surface area contributed by atoms with Crippen LogP contribution < -0.4 is 0 Å². The van der Waals surface area contributed by atoms with Gasteiger partial charge in [0.1, 0.15) is 0 Å². The van der Waals surface area contributed by atoms with Crippen molar-refractivity contribution in [2.24, 2.45) is 0 Å². The van der Waals surface area contributed by atoms with E-state index < -0.39 is 12.1 Å². The third-order valence-electron chi connectivity index (χ3n) is 1.48. The largest absolute Gasteiger partial charge is 0.380 e. The van der Waals surface area contributed by atoms with Crippen LogP contribution >= 0.6 is 12.4 Å². The van der Waals surface area contributed by atoms with Crippen molar-refractivity contribution in [2.45, 2.75) is 12.1 Å². The minimum Gasteiger partial charge on any atom is -0.380 e. The van der Waals surface area contributed by atoms with Crippen LogP contribution in [0.15, 0.2) is 30.3 Å². The Balaban J connectivity index is 0.00000144. The molecule has 0 fully saturated rings. The van der Waals surface area contributed by atoms with Gasteiger partial charge < -0.3 is 20.4 Å². The Hall–Kier alpha value is -0.650. The molecule has 1 rings (SSSR count). The number of benzene rings is 1. The fraction of sp³-hybridized carbons (Fsp3) is 0.250. The second-order valence-corrected chi connectivity index (χ2v) is 2.50. The fourth-order valence-electron chi connectivity index (χ4n) is 0.859. The Kier molecular flexibility index (Phi) is 4.32. The van der Waals surface area contributed by atoms with E-state index in [0.29, 0.717) is 0 Å². The van der Waals surface area contributed by atoms with E-state index in [2.05, 4.69) is 0 Å². The van der Waals surface area contributed by atoms with Crippen LogP contribution in [0.3, 0.4) is 0 Å². The monoisotopic (exact) mass is 206 g/mol. The zero-order chi connectivity index (χ0) is 9.19. The lowest BCUT2D eigenvalue weighted by Crippen LogP contribution is -2.35. The molecule has 5 heteroatoms. The standard InChI is InChI=1S/C8H10O4.ClH/c9-7(8(10,11)12)6-4-2-1-3-5-6;/h1-5,7,9-12H;1H. The lowest BCUT2D eigenvalue weighted by Gasteiger charge is -2.20. The molecule has 0 aliphatic carbocycles. The molecular weight excluding hydrogens is 196 g/mol. The van der Waals surface area contributed by atoms with Crippen molar-refractivity contribution in [1.29, 1.82) is 0 Å². The second kappa shape index (κ2) is 4.55. The molecule has 1 aromatic rings. The quantitative estimate of drug-likeness (QED) is 0.504. The molecule has 0 aromatic heterocycles. The third-order valence-corrected chi connectivity index (χ3v) is 1.48. The highest BCUT2D eigenvalue weighted by Crippen LogP contribution is 2.20. The van der Waals surface area contributed by atoms with Gasteiger partial charge in [-0.15, -0.1) is 12.4 Å². The summed E-state index contributed by atoms with van der Waals surface area (Å²) < 4.78 is 0. The van der Waals surface area contributed by atoms with Crippen molar-refractivity contribution >= 4 is 12.4 Å². The lowest BCUT2D eigenvalue weighted by molar-refractivity contribution is -0.357. The first kappa shape index (κ1) is 12.3. The number of aliphatic hydroxyl groups is 4. The first-order valence-corrected chi connectivity index (χ1v) is 3.42. The Morgan fingerprint density at radius 2 is 1.46 bits per heavy atom. The van der Waals surface area contributed by atoms with Gasteiger partial charge in [-0.1, -0.05) is 30.3 Å². The van der Waals surface area contributed by atoms with Gasteiger partial charge >= 0.3 is 5.97 Å². The van der Waals surface area contributed by atoms with Crippen molar-refractivity contribution in [1.82, 2.24) is 0 Å². The van der Waals surface area contributed by atoms with Crippen molar-refractivity contribution < 1.29 is 20.4 Å². The van der Waals surface area contributed by atoms with Gasteiger partial charge in [0.2, 0.25) is 0 Å². The van der Waals surface area contributed by atoms with E-state index >= 15 is 0 Å². The molecule has 0 heterocycles. The lowest BCUT2D eigenvalue weighted by atomic mass is 10.1. The van der Waals surface area contributed by atoms with E-state index in [1.165, 1.54) is 12.1 Å². The van der Waals surface area contributed by atoms with Crippen LogP contribution in [0.2, 0.25) is 0 Å². The third kappa shape index (κ3) is 3.30. The maximum atomic E-state index is 9.11. The molecule has 0 amide bonds. The maximum Gasteiger partial charge on any atom is 0.307 e. The maximum absolute atomic E-state index is 9.11. The van der Waals surface area contributed by atoms with Gasteiger partial charge in [0.15, 0.2) is 6.10 Å². The predicted octanol–water partition coefficient (Wildman–Crippen LogP) is -0.228. The number of hydrogen-bond acceptors (Lipinski definition) is 4. The predicted molar refractivity (Wildman–Crippen MR) is 48.0 cm³/mol. The van der Waals surface area contributed by atoms with E-state index in [9.17, 15) is 0 Å². The van der Waals surface area contributed by atoms with Crippen molar-refractivity contribution in [3.05, 3.63) is 35.9 Å². The smallest absolute Gasteiger partial charge is 0.307 e. The van der Waals surface area contributed by atoms with Gasteiger partial charge in [-0.25, -0.2) is 0 Å². The summed E-state index contributed by atoms with van der Waals surface area (Å²) in [6.45, 7) is 0. The molecule has 1 atom stereocenters. The van der Waals surface area contributed by atoms with E-state index in [4.69, 9.17) is 20.4 Å². The van der Waals surface area contributed by atoms with Crippen LogP contribution in [-0.2, 0) is 0 Å². The Labute approximate surface area is 81.5 Å². The highest BCUT2D eigenvalue weighted by Gasteiger charge is 2.31. The minimum atomic E-state index is -3.08. The Morgan fingerprint density at radius 1 is 1.00 bits per heavy atom. The zero-order valence-electron chi connectivity index (χ0n) is 6.66. The molecule has 4 nitrogen and oxygen atoms in total. The summed E-state index contributed by atoms with van der Waals surface area (Å²) in [6, 6.07) is 7.89. The van der Waals surface area contributed by atoms with Crippen molar-refractivity contribution in [3.8, 4) is 0 Å². The van der Waals surface area contributed by atoms with Crippen molar-refractivity contribution in [2.75, 3.05) is 0 Å². The average Bonchev–Trinajstić information content (AvgIpc) is 2.03. The van der Waals surface area contributed by atoms with E-state index in [1.807, 2.05) is 0 Å². The summed E-state index contributed by atoms with van der Waals surface area (Å²) >= 11 is 0. The number of aliphatic hydroxyl groups excluding tert-OH is 1. The molecule has 1 aromatic carbocycles. The number of hydrogen-bond donors (Lipinski definition) is 4. The molecule has 74 valence electrons. The second-order valence-electron chi connectivity index (χ2n) is 2.50. The van der Waals surface area contributed by atoms with Gasteiger partial charge in [-0.2, -0.15) is 0 Å². The van der Waals surface area contributed by atoms with Gasteiger partial charge in [0.25, 0.3) is 0 Å². The molecule has 13 heavy (non-hydrogen) atoms. The van der Waals surface area contributed by atoms with Crippen molar-refractivity contribution in [3.63, 3.8) is 0 Å². The van der Waals surface area contributed by atoms with Crippen LogP contribution in [0.5, 0.6) is 0 Å². The summed E-state index contributed by atoms with van der Waals surface area (Å²) in [6.07, 6.45) is -1.71. The average molecular weight is 207 g/mol. The van der Waals surface area contributed by atoms with Gasteiger partial charge in [0, 0.05) is 0 Å². The van der Waals surface area contributed by atoms with E-state index in [1.54, 1.807) is 18.2 Å². The highest BCUT2D eigenvalue weighted by atomic mass is 35.5. The van der Waals surface area contributed by atoms with Crippen LogP contribution in [-0.4, -0.2) is 26.4 Å². The van der Waals surface area contributed by atoms with Crippen LogP contribution in [0, 0.1) is 0 Å². The minimum absolute atomic E-state index is 0. The Morgan fingerprint density at radius 3 is 1.85 bits per heavy atom. The highest BCUT2D eigenvalue weighted by molar-refractivity contribution is 5.85. The molecular formula is C8H11ClO4. The van der Waals surface area contributed by atoms with E-state index in [-0.39, 0.29) is 18.0 Å². The molecule has 0 saturated heterocycles. The summed E-state index contributed by atoms with van der Waals surface area (Å²) in [5.74, 6) is -3.08. The summed E-state index contributed by atoms with van der Waals surface area (Å²) in [5.41, 5.74) is 0.241. The summed E-state index contributed by atoms with van der Waals surface area (Å²) in [7, 11) is 0. The van der Waals surface area contributed by atoms with Crippen LogP contribution in [0.25, 0.3) is 0 Å². The molecule has 0 saturated carbocycles. The normalized spacial score (nSPS) is 13.2. The molecule has 0 aliphatic rings. The van der Waals surface area contributed by atoms with Gasteiger partial charge in [-0.05, 0) is 5.56 Å². The molecule has 4 N–H and O–H groups in total. The first-order valence-electron chi connectivity index (χ1n) is 3.42.